The molecule has 0 aliphatic heterocycles. The van der Waals surface area contributed by atoms with Gasteiger partial charge >= 0.3 is 0 Å². The molecule has 3 aromatic carbocycles. The van der Waals surface area contributed by atoms with Gasteiger partial charge in [-0.25, -0.2) is 4.68 Å². The van der Waals surface area contributed by atoms with Gasteiger partial charge in [-0.15, -0.1) is 5.10 Å². The number of carbonyl (C=O) groups excluding carboxylic acids is 3. The summed E-state index contributed by atoms with van der Waals surface area (Å²) in [6.45, 7) is 3.41. The second kappa shape index (κ2) is 12.1. The highest BCUT2D eigenvalue weighted by Crippen LogP contribution is 2.31. The fraction of sp³-hybridized carbons (Fsp3) is 0.323. The quantitative estimate of drug-likeness (QED) is 0.319. The second-order valence-corrected chi connectivity index (χ2v) is 10.2. The third kappa shape index (κ3) is 6.03. The fourth-order valence-corrected chi connectivity index (χ4v) is 5.29. The van der Waals surface area contributed by atoms with E-state index in [-0.39, 0.29) is 30.3 Å². The van der Waals surface area contributed by atoms with Crippen LogP contribution in [0.4, 0.5) is 11.4 Å². The first-order valence-electron chi connectivity index (χ1n) is 13.8. The Morgan fingerprint density at radius 2 is 1.68 bits per heavy atom. The van der Waals surface area contributed by atoms with E-state index in [4.69, 9.17) is 0 Å². The highest BCUT2D eigenvalue weighted by Gasteiger charge is 2.34. The molecule has 9 heteroatoms. The van der Waals surface area contributed by atoms with Crippen LogP contribution in [0.3, 0.4) is 0 Å². The van der Waals surface area contributed by atoms with Gasteiger partial charge in [0.1, 0.15) is 18.1 Å². The van der Waals surface area contributed by atoms with E-state index in [2.05, 4.69) is 27.9 Å². The second-order valence-electron chi connectivity index (χ2n) is 10.2. The van der Waals surface area contributed by atoms with Crippen molar-refractivity contribution in [3.8, 4) is 0 Å². The summed E-state index contributed by atoms with van der Waals surface area (Å²) in [5.41, 5.74) is 4.42. The van der Waals surface area contributed by atoms with Gasteiger partial charge < -0.3 is 10.6 Å². The van der Waals surface area contributed by atoms with E-state index >= 15 is 0 Å². The van der Waals surface area contributed by atoms with Gasteiger partial charge in [0.15, 0.2) is 0 Å². The third-order valence-electron chi connectivity index (χ3n) is 7.35. The fourth-order valence-electron chi connectivity index (χ4n) is 5.29. The lowest BCUT2D eigenvalue weighted by atomic mass is 10.00. The molecule has 1 saturated carbocycles. The van der Waals surface area contributed by atoms with Crippen LogP contribution in [0.15, 0.2) is 72.8 Å². The molecule has 5 rings (SSSR count). The van der Waals surface area contributed by atoms with Crippen LogP contribution in [0.1, 0.15) is 56.7 Å². The van der Waals surface area contributed by atoms with Crippen LogP contribution >= 0.6 is 0 Å². The first kappa shape index (κ1) is 27.1. The molecule has 0 spiro atoms. The van der Waals surface area contributed by atoms with Crippen LogP contribution in [0, 0.1) is 0 Å². The predicted molar refractivity (Wildman–Crippen MR) is 155 cm³/mol. The zero-order valence-corrected chi connectivity index (χ0v) is 22.8. The van der Waals surface area contributed by atoms with Crippen molar-refractivity contribution in [3.63, 3.8) is 0 Å². The van der Waals surface area contributed by atoms with Crippen LogP contribution in [0.25, 0.3) is 11.0 Å². The Balaban J connectivity index is 1.56. The summed E-state index contributed by atoms with van der Waals surface area (Å²) in [5.74, 6) is -0.725. The Bertz CT molecular complexity index is 1490. The number of para-hydroxylation sites is 1. The van der Waals surface area contributed by atoms with Gasteiger partial charge in [-0.05, 0) is 66.8 Å². The maximum atomic E-state index is 14.2. The average molecular weight is 539 g/mol. The number of nitrogens with one attached hydrogen (secondary N) is 2. The minimum Gasteiger partial charge on any atom is -0.351 e. The minimum atomic E-state index is -0.902. The number of amides is 3. The number of hydrogen-bond donors (Lipinski definition) is 2. The molecular weight excluding hydrogens is 504 g/mol. The van der Waals surface area contributed by atoms with E-state index in [9.17, 15) is 14.4 Å². The molecule has 1 aliphatic rings. The number of carbonyl (C=O) groups is 3. The van der Waals surface area contributed by atoms with Crippen molar-refractivity contribution >= 4 is 40.1 Å². The van der Waals surface area contributed by atoms with Crippen LogP contribution in [0.5, 0.6) is 0 Å². The number of nitrogens with zero attached hydrogens (tertiary/aromatic N) is 4. The van der Waals surface area contributed by atoms with Crippen LogP contribution in [-0.2, 0) is 27.3 Å². The van der Waals surface area contributed by atoms with Crippen molar-refractivity contribution < 1.29 is 14.4 Å². The lowest BCUT2D eigenvalue weighted by molar-refractivity contribution is -0.127. The smallest absolute Gasteiger partial charge is 0.249 e. The van der Waals surface area contributed by atoms with E-state index in [1.165, 1.54) is 6.92 Å². The Morgan fingerprint density at radius 3 is 2.35 bits per heavy atom. The van der Waals surface area contributed by atoms with E-state index in [1.807, 2.05) is 48.5 Å². The maximum Gasteiger partial charge on any atom is 0.249 e. The summed E-state index contributed by atoms with van der Waals surface area (Å²) in [5, 5.41) is 14.4. The van der Waals surface area contributed by atoms with Gasteiger partial charge in [-0.1, -0.05) is 61.4 Å². The van der Waals surface area contributed by atoms with Gasteiger partial charge in [0.05, 0.1) is 5.52 Å². The number of hydrogen-bond acceptors (Lipinski definition) is 5. The molecule has 0 unspecified atom stereocenters. The predicted octanol–water partition coefficient (Wildman–Crippen LogP) is 4.79. The van der Waals surface area contributed by atoms with Crippen LogP contribution in [-0.4, -0.2) is 38.8 Å². The largest absolute Gasteiger partial charge is 0.351 e. The third-order valence-corrected chi connectivity index (χ3v) is 7.35. The minimum absolute atomic E-state index is 0.0864. The number of aromatic nitrogens is 3. The highest BCUT2D eigenvalue weighted by molar-refractivity contribution is 6.02. The molecule has 2 N–H and O–H groups in total. The summed E-state index contributed by atoms with van der Waals surface area (Å²) in [4.78, 5) is 41.3. The molecule has 1 aliphatic carbocycles. The van der Waals surface area contributed by atoms with Gasteiger partial charge in [-0.2, -0.15) is 0 Å². The van der Waals surface area contributed by atoms with Gasteiger partial charge in [0.2, 0.25) is 17.7 Å². The lowest BCUT2D eigenvalue weighted by Gasteiger charge is -2.32. The summed E-state index contributed by atoms with van der Waals surface area (Å²) < 4.78 is 1.56. The Kier molecular flexibility index (Phi) is 8.19. The zero-order chi connectivity index (χ0) is 28.1. The van der Waals surface area contributed by atoms with Gasteiger partial charge in [0, 0.05) is 24.3 Å². The highest BCUT2D eigenvalue weighted by atomic mass is 16.2. The summed E-state index contributed by atoms with van der Waals surface area (Å²) in [7, 11) is 0. The molecule has 1 heterocycles. The number of aryl methyl sites for hydroxylation is 1. The molecule has 9 nitrogen and oxygen atoms in total. The van der Waals surface area contributed by atoms with Crippen LogP contribution < -0.4 is 15.5 Å². The van der Waals surface area contributed by atoms with Gasteiger partial charge in [-0.3, -0.25) is 19.3 Å². The van der Waals surface area contributed by atoms with Crippen molar-refractivity contribution in [2.45, 2.75) is 64.6 Å². The topological polar surface area (TPSA) is 109 Å². The van der Waals surface area contributed by atoms with E-state index in [0.717, 1.165) is 48.7 Å². The van der Waals surface area contributed by atoms with Crippen molar-refractivity contribution in [1.29, 1.82) is 0 Å². The molecule has 0 bridgehead atoms. The van der Waals surface area contributed by atoms with E-state index in [1.54, 1.807) is 33.8 Å². The molecular formula is C31H34N6O3. The van der Waals surface area contributed by atoms with E-state index < -0.39 is 6.04 Å². The standard InChI is InChI=1S/C31H34N6O3/c1-3-22-12-14-23(15-13-22)30(31(40)33-24-8-4-5-9-24)37(26-18-16-25(17-19-26)32-21(2)38)29(39)20-36-28-11-7-6-10-27(28)34-35-36/h6-7,10-19,24,30H,3-5,8-9,20H2,1-2H3,(H,32,38)(H,33,40)/t30-/m1/s1. The molecule has 1 atom stereocenters. The van der Waals surface area contributed by atoms with Crippen LogP contribution in [0.2, 0.25) is 0 Å². The summed E-state index contributed by atoms with van der Waals surface area (Å²) >= 11 is 0. The SMILES string of the molecule is CCc1ccc([C@H](C(=O)NC2CCCC2)N(C(=O)Cn2nnc3ccccc32)c2ccc(NC(C)=O)cc2)cc1. The van der Waals surface area contributed by atoms with Crippen molar-refractivity contribution in [3.05, 3.63) is 83.9 Å². The van der Waals surface area contributed by atoms with Gasteiger partial charge in [0.25, 0.3) is 0 Å². The number of benzene rings is 3. The molecule has 4 aromatic rings. The molecule has 40 heavy (non-hydrogen) atoms. The maximum absolute atomic E-state index is 14.2. The number of fused-ring (bicyclic) bond motifs is 1. The van der Waals surface area contributed by atoms with E-state index in [0.29, 0.717) is 16.9 Å². The molecule has 1 fully saturated rings. The Hall–Kier alpha value is -4.53. The Morgan fingerprint density at radius 1 is 0.975 bits per heavy atom. The summed E-state index contributed by atoms with van der Waals surface area (Å²) in [6, 6.07) is 21.4. The number of rotatable bonds is 9. The average Bonchev–Trinajstić information content (AvgIpc) is 3.62. The molecule has 206 valence electrons. The molecule has 3 amide bonds. The molecule has 1 aromatic heterocycles. The zero-order valence-electron chi connectivity index (χ0n) is 22.8. The number of anilines is 2. The monoisotopic (exact) mass is 538 g/mol. The molecule has 0 radical (unpaired) electrons. The first-order valence-corrected chi connectivity index (χ1v) is 13.8. The molecule has 0 saturated heterocycles. The van der Waals surface area contributed by atoms with Crippen molar-refractivity contribution in [1.82, 2.24) is 20.3 Å². The first-order chi connectivity index (χ1) is 19.4. The van der Waals surface area contributed by atoms with Crippen molar-refractivity contribution in [2.24, 2.45) is 0 Å². The summed E-state index contributed by atoms with van der Waals surface area (Å²) in [6.07, 6.45) is 4.88. The Labute approximate surface area is 233 Å². The lowest BCUT2D eigenvalue weighted by Crippen LogP contribution is -2.47. The van der Waals surface area contributed by atoms with Crippen molar-refractivity contribution in [2.75, 3.05) is 10.2 Å². The normalized spacial score (nSPS) is 14.2.